The second kappa shape index (κ2) is 7.29. The first kappa shape index (κ1) is 20.7. The molecule has 7 nitrogen and oxygen atoms in total. The molecule has 0 unspecified atom stereocenters. The lowest BCUT2D eigenvalue weighted by Crippen LogP contribution is -2.39. The lowest BCUT2D eigenvalue weighted by Gasteiger charge is -2.24. The van der Waals surface area contributed by atoms with Crippen molar-refractivity contribution in [2.24, 2.45) is 0 Å². The number of carbonyl (C=O) groups excluding carboxylic acids is 1. The number of benzene rings is 1. The number of halogens is 3. The molecule has 2 aromatic heterocycles. The molecule has 4 rings (SSSR count). The standard InChI is InChI=1S/C21H19F3N4O3/c1-25-19(30)14-18(29)15-17-16(27(2)9-21(23,24)10-28(17)20(14)31)12(8-26-15)7-11-3-5-13(22)6-4-11/h3-6,8,29H,7,9-10H2,1-2H3,(H,25,30). The zero-order valence-corrected chi connectivity index (χ0v) is 16.7. The molecule has 1 aliphatic heterocycles. The number of nitrogens with zero attached hydrogens (tertiary/aromatic N) is 3. The van der Waals surface area contributed by atoms with Gasteiger partial charge in [0, 0.05) is 32.3 Å². The van der Waals surface area contributed by atoms with Gasteiger partial charge in [0.15, 0.2) is 5.75 Å². The molecule has 2 N–H and O–H groups in total. The average Bonchev–Trinajstić information content (AvgIpc) is 2.82. The maximum Gasteiger partial charge on any atom is 0.282 e. The van der Waals surface area contributed by atoms with Gasteiger partial charge in [-0.3, -0.25) is 19.1 Å². The van der Waals surface area contributed by atoms with Gasteiger partial charge in [-0.15, -0.1) is 0 Å². The van der Waals surface area contributed by atoms with Crippen molar-refractivity contribution >= 4 is 22.6 Å². The molecule has 3 heterocycles. The predicted molar refractivity (Wildman–Crippen MR) is 108 cm³/mol. The summed E-state index contributed by atoms with van der Waals surface area (Å²) in [7, 11) is 2.72. The number of aromatic nitrogens is 2. The topological polar surface area (TPSA) is 87.5 Å². The summed E-state index contributed by atoms with van der Waals surface area (Å²) in [6.45, 7) is -1.65. The number of carbonyl (C=O) groups is 1. The number of hydrogen-bond acceptors (Lipinski definition) is 5. The molecular formula is C21H19F3N4O3. The van der Waals surface area contributed by atoms with E-state index < -0.39 is 47.6 Å². The first-order valence-corrected chi connectivity index (χ1v) is 9.46. The van der Waals surface area contributed by atoms with Crippen molar-refractivity contribution in [3.05, 3.63) is 63.3 Å². The Kier molecular flexibility index (Phi) is 4.87. The van der Waals surface area contributed by atoms with Gasteiger partial charge in [0.1, 0.15) is 16.9 Å². The van der Waals surface area contributed by atoms with Crippen LogP contribution >= 0.6 is 0 Å². The van der Waals surface area contributed by atoms with Gasteiger partial charge in [0.25, 0.3) is 17.4 Å². The van der Waals surface area contributed by atoms with E-state index in [4.69, 9.17) is 0 Å². The van der Waals surface area contributed by atoms with Crippen LogP contribution in [0.15, 0.2) is 35.3 Å². The third-order valence-electron chi connectivity index (χ3n) is 5.29. The van der Waals surface area contributed by atoms with E-state index in [1.807, 2.05) is 0 Å². The van der Waals surface area contributed by atoms with Crippen molar-refractivity contribution in [2.75, 3.05) is 25.5 Å². The molecule has 0 saturated heterocycles. The first-order chi connectivity index (χ1) is 14.6. The first-order valence-electron chi connectivity index (χ1n) is 9.46. The van der Waals surface area contributed by atoms with Gasteiger partial charge in [-0.2, -0.15) is 0 Å². The van der Waals surface area contributed by atoms with Crippen LogP contribution in [0.1, 0.15) is 21.5 Å². The Balaban J connectivity index is 2.04. The van der Waals surface area contributed by atoms with Crippen molar-refractivity contribution in [2.45, 2.75) is 18.9 Å². The van der Waals surface area contributed by atoms with Crippen molar-refractivity contribution in [1.29, 1.82) is 0 Å². The van der Waals surface area contributed by atoms with Gasteiger partial charge in [0.2, 0.25) is 0 Å². The van der Waals surface area contributed by atoms with E-state index in [2.05, 4.69) is 10.3 Å². The second-order valence-corrected chi connectivity index (χ2v) is 7.54. The minimum atomic E-state index is -3.28. The van der Waals surface area contributed by atoms with Crippen LogP contribution in [0.2, 0.25) is 0 Å². The Bertz CT molecular complexity index is 1260. The fourth-order valence-corrected chi connectivity index (χ4v) is 3.98. The number of anilines is 1. The van der Waals surface area contributed by atoms with E-state index in [1.165, 1.54) is 37.3 Å². The maximum atomic E-state index is 14.7. The van der Waals surface area contributed by atoms with Crippen LogP contribution in [-0.4, -0.2) is 47.1 Å². The number of hydrogen-bond donors (Lipinski definition) is 2. The minimum Gasteiger partial charge on any atom is -0.505 e. The number of amides is 1. The van der Waals surface area contributed by atoms with Crippen molar-refractivity contribution in [3.8, 4) is 5.75 Å². The summed E-state index contributed by atoms with van der Waals surface area (Å²) in [5, 5.41) is 12.9. The fourth-order valence-electron chi connectivity index (χ4n) is 3.98. The number of aromatic hydroxyl groups is 1. The molecule has 0 spiro atoms. The highest BCUT2D eigenvalue weighted by molar-refractivity contribution is 6.04. The van der Waals surface area contributed by atoms with Crippen molar-refractivity contribution in [3.63, 3.8) is 0 Å². The monoisotopic (exact) mass is 432 g/mol. The zero-order valence-electron chi connectivity index (χ0n) is 16.7. The Morgan fingerprint density at radius 2 is 1.94 bits per heavy atom. The van der Waals surface area contributed by atoms with E-state index in [0.29, 0.717) is 16.8 Å². The maximum absolute atomic E-state index is 14.7. The quantitative estimate of drug-likeness (QED) is 0.663. The number of alkyl halides is 2. The van der Waals surface area contributed by atoms with Gasteiger partial charge in [-0.05, 0) is 17.7 Å². The second-order valence-electron chi connectivity index (χ2n) is 7.54. The van der Waals surface area contributed by atoms with Crippen LogP contribution in [0.3, 0.4) is 0 Å². The SMILES string of the molecule is CNC(=O)c1c(O)c2ncc(Cc3ccc(F)cc3)c3c2n(c1=O)CC(F)(F)CN3C. The fraction of sp³-hybridized carbons (Fsp3) is 0.286. The van der Waals surface area contributed by atoms with Gasteiger partial charge in [-0.25, -0.2) is 13.2 Å². The summed E-state index contributed by atoms with van der Waals surface area (Å²) in [4.78, 5) is 30.7. The molecule has 1 aliphatic rings. The molecule has 31 heavy (non-hydrogen) atoms. The summed E-state index contributed by atoms with van der Waals surface area (Å²) in [5.41, 5.74) is -0.248. The molecule has 0 bridgehead atoms. The van der Waals surface area contributed by atoms with Crippen LogP contribution in [0.25, 0.3) is 11.0 Å². The van der Waals surface area contributed by atoms with Crippen molar-refractivity contribution in [1.82, 2.24) is 14.9 Å². The highest BCUT2D eigenvalue weighted by Crippen LogP contribution is 2.38. The molecular weight excluding hydrogens is 413 g/mol. The van der Waals surface area contributed by atoms with E-state index in [-0.39, 0.29) is 17.5 Å². The normalized spacial score (nSPS) is 15.1. The van der Waals surface area contributed by atoms with Crippen LogP contribution in [-0.2, 0) is 13.0 Å². The molecule has 0 aliphatic carbocycles. The molecule has 10 heteroatoms. The zero-order chi connectivity index (χ0) is 22.5. The highest BCUT2D eigenvalue weighted by Gasteiger charge is 2.39. The van der Waals surface area contributed by atoms with E-state index in [0.717, 1.165) is 4.57 Å². The molecule has 0 fully saturated rings. The van der Waals surface area contributed by atoms with Crippen LogP contribution < -0.4 is 15.8 Å². The van der Waals surface area contributed by atoms with Crippen LogP contribution in [0.5, 0.6) is 5.75 Å². The van der Waals surface area contributed by atoms with E-state index in [9.17, 15) is 27.9 Å². The summed E-state index contributed by atoms with van der Waals surface area (Å²) in [5.74, 6) is -5.25. The predicted octanol–water partition coefficient (Wildman–Crippen LogP) is 2.28. The molecule has 1 amide bonds. The van der Waals surface area contributed by atoms with Gasteiger partial charge in [0.05, 0.1) is 24.3 Å². The number of pyridine rings is 2. The Labute approximate surface area is 174 Å². The molecule has 162 valence electrons. The molecule has 0 saturated carbocycles. The lowest BCUT2D eigenvalue weighted by molar-refractivity contribution is -0.00572. The van der Waals surface area contributed by atoms with Crippen LogP contribution in [0, 0.1) is 5.82 Å². The van der Waals surface area contributed by atoms with Gasteiger partial charge >= 0.3 is 0 Å². The molecule has 0 radical (unpaired) electrons. The highest BCUT2D eigenvalue weighted by atomic mass is 19.3. The van der Waals surface area contributed by atoms with Gasteiger partial charge < -0.3 is 15.3 Å². The smallest absolute Gasteiger partial charge is 0.282 e. The van der Waals surface area contributed by atoms with Crippen LogP contribution in [0.4, 0.5) is 18.9 Å². The molecule has 0 atom stereocenters. The van der Waals surface area contributed by atoms with E-state index >= 15 is 0 Å². The average molecular weight is 432 g/mol. The van der Waals surface area contributed by atoms with E-state index in [1.54, 1.807) is 12.1 Å². The Morgan fingerprint density at radius 1 is 1.26 bits per heavy atom. The summed E-state index contributed by atoms with van der Waals surface area (Å²) in [6, 6.07) is 5.71. The third kappa shape index (κ3) is 3.47. The largest absolute Gasteiger partial charge is 0.505 e. The summed E-state index contributed by atoms with van der Waals surface area (Å²) >= 11 is 0. The summed E-state index contributed by atoms with van der Waals surface area (Å²) < 4.78 is 43.4. The van der Waals surface area contributed by atoms with Crippen molar-refractivity contribution < 1.29 is 23.1 Å². The number of rotatable bonds is 3. The minimum absolute atomic E-state index is 0.0226. The third-order valence-corrected chi connectivity index (χ3v) is 5.29. The Hall–Kier alpha value is -3.56. The number of nitrogens with one attached hydrogen (secondary N) is 1. The Morgan fingerprint density at radius 3 is 2.58 bits per heavy atom. The lowest BCUT2D eigenvalue weighted by atomic mass is 10.0. The summed E-state index contributed by atoms with van der Waals surface area (Å²) in [6.07, 6.45) is 1.64. The molecule has 3 aromatic rings. The van der Waals surface area contributed by atoms with Gasteiger partial charge in [-0.1, -0.05) is 12.1 Å². The molecule has 1 aromatic carbocycles.